The lowest BCUT2D eigenvalue weighted by molar-refractivity contribution is 1.15. The molecule has 0 N–H and O–H groups in total. The largest absolute Gasteiger partial charge is 0.143 e. The van der Waals surface area contributed by atoms with Gasteiger partial charge >= 0.3 is 0 Å². The second-order valence-corrected chi connectivity index (χ2v) is 7.39. The topological polar surface area (TPSA) is 0 Å². The molecule has 2 aromatic rings. The molecule has 0 aliphatic rings. The van der Waals surface area contributed by atoms with Crippen LogP contribution in [0.4, 0.5) is 0 Å². The highest BCUT2D eigenvalue weighted by Gasteiger charge is 2.19. The van der Waals surface area contributed by atoms with Crippen molar-refractivity contribution in [2.45, 2.75) is 19.2 Å². The number of halogens is 3. The Hall–Kier alpha value is 0.170. The summed E-state index contributed by atoms with van der Waals surface area (Å²) in [5, 5.41) is -0.114. The molecule has 0 saturated carbocycles. The summed E-state index contributed by atoms with van der Waals surface area (Å²) in [7, 11) is 0. The van der Waals surface area contributed by atoms with Gasteiger partial charge in [-0.1, -0.05) is 33.6 Å². The lowest BCUT2D eigenvalue weighted by Crippen LogP contribution is -1.93. The first kappa shape index (κ1) is 13.6. The van der Waals surface area contributed by atoms with Crippen molar-refractivity contribution < 1.29 is 0 Å². The number of thiophene rings is 1. The third-order valence-corrected chi connectivity index (χ3v) is 5.83. The van der Waals surface area contributed by atoms with Crippen LogP contribution >= 0.6 is 54.8 Å². The molecule has 1 aromatic heterocycles. The lowest BCUT2D eigenvalue weighted by atomic mass is 10.1. The van der Waals surface area contributed by atoms with Crippen molar-refractivity contribution in [3.8, 4) is 0 Å². The second-order valence-electron chi connectivity index (χ2n) is 3.96. The van der Waals surface area contributed by atoms with Crippen LogP contribution in [0.25, 0.3) is 0 Å². The fraction of sp³-hybridized carbons (Fsp3) is 0.231. The highest BCUT2D eigenvalue weighted by molar-refractivity contribution is 9.10. The molecule has 4 heteroatoms. The van der Waals surface area contributed by atoms with Gasteiger partial charge in [0.2, 0.25) is 0 Å². The molecule has 0 spiro atoms. The average Bonchev–Trinajstić information content (AvgIpc) is 2.60. The molecule has 0 saturated heterocycles. The SMILES string of the molecule is Cc1ccc(Br)c(C(Cl)c2sc(C)cc2Br)c1. The summed E-state index contributed by atoms with van der Waals surface area (Å²) in [6.45, 7) is 4.17. The molecule has 0 bridgehead atoms. The van der Waals surface area contributed by atoms with Crippen LogP contribution in [0, 0.1) is 13.8 Å². The molecule has 2 rings (SSSR count). The second kappa shape index (κ2) is 5.43. The van der Waals surface area contributed by atoms with E-state index in [1.54, 1.807) is 11.3 Å². The van der Waals surface area contributed by atoms with Crippen LogP contribution in [-0.2, 0) is 0 Å². The van der Waals surface area contributed by atoms with E-state index in [0.29, 0.717) is 0 Å². The Kier molecular flexibility index (Phi) is 4.35. The zero-order chi connectivity index (χ0) is 12.6. The smallest absolute Gasteiger partial charge is 0.0950 e. The normalized spacial score (nSPS) is 12.8. The van der Waals surface area contributed by atoms with Crippen molar-refractivity contribution >= 4 is 54.8 Å². The Bertz CT molecular complexity index is 548. The maximum Gasteiger partial charge on any atom is 0.0950 e. The molecule has 0 aliphatic carbocycles. The first-order valence-electron chi connectivity index (χ1n) is 5.15. The Labute approximate surface area is 127 Å². The molecule has 0 nitrogen and oxygen atoms in total. The van der Waals surface area contributed by atoms with Gasteiger partial charge in [-0.25, -0.2) is 0 Å². The average molecular weight is 395 g/mol. The van der Waals surface area contributed by atoms with Gasteiger partial charge in [0.15, 0.2) is 0 Å². The van der Waals surface area contributed by atoms with E-state index in [9.17, 15) is 0 Å². The van der Waals surface area contributed by atoms with Crippen molar-refractivity contribution in [3.63, 3.8) is 0 Å². The highest BCUT2D eigenvalue weighted by Crippen LogP contribution is 2.41. The fourth-order valence-electron chi connectivity index (χ4n) is 1.67. The van der Waals surface area contributed by atoms with E-state index in [2.05, 4.69) is 70.0 Å². The zero-order valence-corrected chi connectivity index (χ0v) is 14.2. The summed E-state index contributed by atoms with van der Waals surface area (Å²) in [5.74, 6) is 0. The first-order valence-corrected chi connectivity index (χ1v) is 7.99. The maximum absolute atomic E-state index is 6.58. The molecule has 0 aliphatic heterocycles. The zero-order valence-electron chi connectivity index (χ0n) is 9.43. The molecule has 17 heavy (non-hydrogen) atoms. The van der Waals surface area contributed by atoms with E-state index >= 15 is 0 Å². The molecule has 1 heterocycles. The standard InChI is InChI=1S/C13H11Br2ClS/c1-7-3-4-10(14)9(5-7)12(16)13-11(15)6-8(2)17-13/h3-6,12H,1-2H3. The van der Waals surface area contributed by atoms with Crippen LogP contribution in [0.15, 0.2) is 33.2 Å². The van der Waals surface area contributed by atoms with E-state index in [-0.39, 0.29) is 5.38 Å². The summed E-state index contributed by atoms with van der Waals surface area (Å²) in [4.78, 5) is 2.43. The minimum Gasteiger partial charge on any atom is -0.143 e. The van der Waals surface area contributed by atoms with Gasteiger partial charge in [-0.2, -0.15) is 0 Å². The monoisotopic (exact) mass is 392 g/mol. The molecule has 1 atom stereocenters. The van der Waals surface area contributed by atoms with Crippen LogP contribution in [-0.4, -0.2) is 0 Å². The van der Waals surface area contributed by atoms with Crippen LogP contribution < -0.4 is 0 Å². The van der Waals surface area contributed by atoms with Crippen LogP contribution in [0.3, 0.4) is 0 Å². The van der Waals surface area contributed by atoms with E-state index < -0.39 is 0 Å². The Morgan fingerprint density at radius 3 is 2.41 bits per heavy atom. The quantitative estimate of drug-likeness (QED) is 0.531. The number of rotatable bonds is 2. The van der Waals surface area contributed by atoms with Crippen molar-refractivity contribution in [1.82, 2.24) is 0 Å². The molecular weight excluding hydrogens is 383 g/mol. The summed E-state index contributed by atoms with van der Waals surface area (Å²) >= 11 is 15.4. The molecule has 1 unspecified atom stereocenters. The third-order valence-electron chi connectivity index (χ3n) is 2.49. The number of hydrogen-bond acceptors (Lipinski definition) is 1. The van der Waals surface area contributed by atoms with Gasteiger partial charge in [0.05, 0.1) is 5.38 Å². The third kappa shape index (κ3) is 2.95. The predicted octanol–water partition coefficient (Wildman–Crippen LogP) is 6.22. The molecular formula is C13H11Br2ClS. The van der Waals surface area contributed by atoms with Gasteiger partial charge in [-0.15, -0.1) is 22.9 Å². The summed E-state index contributed by atoms with van der Waals surface area (Å²) in [6, 6.07) is 8.36. The molecule has 0 radical (unpaired) electrons. The van der Waals surface area contributed by atoms with Crippen molar-refractivity contribution in [2.75, 3.05) is 0 Å². The maximum atomic E-state index is 6.58. The van der Waals surface area contributed by atoms with Gasteiger partial charge in [0, 0.05) is 18.7 Å². The first-order chi connectivity index (χ1) is 7.99. The van der Waals surface area contributed by atoms with Gasteiger partial charge in [0.1, 0.15) is 0 Å². The summed E-state index contributed by atoms with van der Waals surface area (Å²) in [5.41, 5.74) is 2.34. The van der Waals surface area contributed by atoms with Crippen LogP contribution in [0.1, 0.15) is 26.3 Å². The minimum atomic E-state index is -0.114. The summed E-state index contributed by atoms with van der Waals surface area (Å²) in [6.07, 6.45) is 0. The molecule has 90 valence electrons. The lowest BCUT2D eigenvalue weighted by Gasteiger charge is -2.12. The molecule has 0 amide bonds. The van der Waals surface area contributed by atoms with Gasteiger partial charge in [-0.05, 0) is 47.5 Å². The van der Waals surface area contributed by atoms with E-state index in [1.807, 2.05) is 0 Å². The predicted molar refractivity (Wildman–Crippen MR) is 83.3 cm³/mol. The Balaban J connectivity index is 2.46. The number of alkyl halides is 1. The van der Waals surface area contributed by atoms with Crippen molar-refractivity contribution in [2.24, 2.45) is 0 Å². The highest BCUT2D eigenvalue weighted by atomic mass is 79.9. The van der Waals surface area contributed by atoms with Crippen molar-refractivity contribution in [1.29, 1.82) is 0 Å². The summed E-state index contributed by atoms with van der Waals surface area (Å²) < 4.78 is 2.15. The van der Waals surface area contributed by atoms with Crippen LogP contribution in [0.5, 0.6) is 0 Å². The fourth-order valence-corrected chi connectivity index (χ4v) is 4.72. The number of benzene rings is 1. The van der Waals surface area contributed by atoms with E-state index in [1.165, 1.54) is 10.4 Å². The minimum absolute atomic E-state index is 0.114. The van der Waals surface area contributed by atoms with Crippen LogP contribution in [0.2, 0.25) is 0 Å². The van der Waals surface area contributed by atoms with Crippen molar-refractivity contribution in [3.05, 3.63) is 54.1 Å². The van der Waals surface area contributed by atoms with E-state index in [0.717, 1.165) is 19.4 Å². The van der Waals surface area contributed by atoms with Gasteiger partial charge < -0.3 is 0 Å². The Morgan fingerprint density at radius 1 is 1.12 bits per heavy atom. The van der Waals surface area contributed by atoms with E-state index in [4.69, 9.17) is 11.6 Å². The Morgan fingerprint density at radius 2 is 1.82 bits per heavy atom. The number of hydrogen-bond donors (Lipinski definition) is 0. The molecule has 1 aromatic carbocycles. The molecule has 0 fully saturated rings. The van der Waals surface area contributed by atoms with Gasteiger partial charge in [0.25, 0.3) is 0 Å². The van der Waals surface area contributed by atoms with Gasteiger partial charge in [-0.3, -0.25) is 0 Å². The number of aryl methyl sites for hydroxylation is 2.